The van der Waals surface area contributed by atoms with Gasteiger partial charge in [0.15, 0.2) is 9.84 Å². The molecule has 0 saturated carbocycles. The van der Waals surface area contributed by atoms with Gasteiger partial charge in [0.25, 0.3) is 0 Å². The maximum atomic E-state index is 12.3. The van der Waals surface area contributed by atoms with E-state index in [0.29, 0.717) is 16.1 Å². The Kier molecular flexibility index (Phi) is 3.79. The van der Waals surface area contributed by atoms with Crippen LogP contribution in [0.5, 0.6) is 0 Å². The normalized spacial score (nSPS) is 11.7. The van der Waals surface area contributed by atoms with Crippen LogP contribution in [0, 0.1) is 6.92 Å². The van der Waals surface area contributed by atoms with Gasteiger partial charge < -0.3 is 5.73 Å². The first kappa shape index (κ1) is 13.6. The van der Waals surface area contributed by atoms with Gasteiger partial charge in [-0.05, 0) is 46.6 Å². The Labute approximate surface area is 119 Å². The van der Waals surface area contributed by atoms with Gasteiger partial charge in [0.2, 0.25) is 0 Å². The van der Waals surface area contributed by atoms with Crippen LogP contribution < -0.4 is 5.73 Å². The summed E-state index contributed by atoms with van der Waals surface area (Å²) in [5.41, 5.74) is 6.87. The number of hydrogen-bond acceptors (Lipinski definition) is 4. The van der Waals surface area contributed by atoms with E-state index < -0.39 is 9.84 Å². The van der Waals surface area contributed by atoms with E-state index >= 15 is 0 Å². The van der Waals surface area contributed by atoms with Crippen LogP contribution in [0.25, 0.3) is 0 Å². The number of hydrogen-bond donors (Lipinski definition) is 1. The quantitative estimate of drug-likeness (QED) is 0.867. The topological polar surface area (TPSA) is 60.2 Å². The minimum Gasteiger partial charge on any atom is -0.398 e. The second-order valence-corrected chi connectivity index (χ2v) is 7.83. The van der Waals surface area contributed by atoms with Gasteiger partial charge in [0.1, 0.15) is 0 Å². The van der Waals surface area contributed by atoms with Crippen LogP contribution >= 0.6 is 27.3 Å². The number of nitrogen functional groups attached to an aromatic ring is 1. The molecule has 0 fully saturated rings. The lowest BCUT2D eigenvalue weighted by Gasteiger charge is -2.08. The number of anilines is 1. The number of sulfone groups is 1. The van der Waals surface area contributed by atoms with Crippen molar-refractivity contribution in [1.29, 1.82) is 0 Å². The van der Waals surface area contributed by atoms with Gasteiger partial charge in [0.05, 0.1) is 10.6 Å². The second kappa shape index (κ2) is 5.03. The van der Waals surface area contributed by atoms with Gasteiger partial charge in [-0.25, -0.2) is 8.42 Å². The van der Waals surface area contributed by atoms with Crippen molar-refractivity contribution in [2.45, 2.75) is 17.6 Å². The summed E-state index contributed by atoms with van der Waals surface area (Å²) in [6.07, 6.45) is 0. The molecular formula is C12H12BrNO2S2. The Morgan fingerprint density at radius 2 is 2.11 bits per heavy atom. The van der Waals surface area contributed by atoms with E-state index in [0.717, 1.165) is 9.35 Å². The molecule has 6 heteroatoms. The highest BCUT2D eigenvalue weighted by atomic mass is 79.9. The summed E-state index contributed by atoms with van der Waals surface area (Å²) in [6, 6.07) is 6.79. The fraction of sp³-hybridized carbons (Fsp3) is 0.167. The molecule has 0 aliphatic heterocycles. The lowest BCUT2D eigenvalue weighted by molar-refractivity contribution is 0.595. The van der Waals surface area contributed by atoms with Gasteiger partial charge in [-0.15, -0.1) is 11.3 Å². The number of rotatable bonds is 3. The average molecular weight is 346 g/mol. The van der Waals surface area contributed by atoms with Crippen LogP contribution in [0.3, 0.4) is 0 Å². The molecule has 0 amide bonds. The lowest BCUT2D eigenvalue weighted by Crippen LogP contribution is -2.07. The molecule has 0 spiro atoms. The van der Waals surface area contributed by atoms with Crippen molar-refractivity contribution in [3.8, 4) is 0 Å². The SMILES string of the molecule is Cc1c(N)cccc1S(=O)(=O)Cc1cc(Br)cs1. The highest BCUT2D eigenvalue weighted by Crippen LogP contribution is 2.27. The first-order valence-electron chi connectivity index (χ1n) is 5.21. The van der Waals surface area contributed by atoms with Gasteiger partial charge in [0, 0.05) is 20.4 Å². The summed E-state index contributed by atoms with van der Waals surface area (Å²) in [4.78, 5) is 1.12. The maximum Gasteiger partial charge on any atom is 0.183 e. The maximum absolute atomic E-state index is 12.3. The highest BCUT2D eigenvalue weighted by molar-refractivity contribution is 9.10. The Morgan fingerprint density at radius 1 is 1.39 bits per heavy atom. The zero-order chi connectivity index (χ0) is 13.3. The summed E-state index contributed by atoms with van der Waals surface area (Å²) >= 11 is 4.74. The Balaban J connectivity index is 2.40. The molecule has 0 saturated heterocycles. The van der Waals surface area contributed by atoms with E-state index in [1.54, 1.807) is 25.1 Å². The lowest BCUT2D eigenvalue weighted by atomic mass is 10.2. The molecule has 96 valence electrons. The number of halogens is 1. The van der Waals surface area contributed by atoms with Crippen LogP contribution in [0.15, 0.2) is 39.0 Å². The second-order valence-electron chi connectivity index (χ2n) is 3.96. The van der Waals surface area contributed by atoms with Gasteiger partial charge in [-0.1, -0.05) is 6.07 Å². The Hall–Kier alpha value is -0.850. The molecule has 0 unspecified atom stereocenters. The predicted octanol–water partition coefficient (Wildman–Crippen LogP) is 3.38. The third-order valence-corrected chi connectivity index (χ3v) is 6.30. The molecule has 0 aliphatic carbocycles. The monoisotopic (exact) mass is 345 g/mol. The minimum absolute atomic E-state index is 0.00750. The molecule has 0 atom stereocenters. The molecule has 0 radical (unpaired) electrons. The van der Waals surface area contributed by atoms with Crippen molar-refractivity contribution < 1.29 is 8.42 Å². The molecule has 18 heavy (non-hydrogen) atoms. The van der Waals surface area contributed by atoms with Crippen LogP contribution in [0.4, 0.5) is 5.69 Å². The Morgan fingerprint density at radius 3 is 2.72 bits per heavy atom. The number of thiophene rings is 1. The fourth-order valence-corrected chi connectivity index (χ4v) is 5.12. The molecule has 3 nitrogen and oxygen atoms in total. The molecule has 2 rings (SSSR count). The van der Waals surface area contributed by atoms with Crippen LogP contribution in [0.1, 0.15) is 10.4 Å². The van der Waals surface area contributed by atoms with Crippen molar-refractivity contribution in [3.05, 3.63) is 44.6 Å². The van der Waals surface area contributed by atoms with Crippen LogP contribution in [-0.4, -0.2) is 8.42 Å². The van der Waals surface area contributed by atoms with Crippen molar-refractivity contribution in [2.75, 3.05) is 5.73 Å². The average Bonchev–Trinajstić information content (AvgIpc) is 2.67. The van der Waals surface area contributed by atoms with Crippen molar-refractivity contribution >= 4 is 42.8 Å². The first-order valence-corrected chi connectivity index (χ1v) is 8.53. The smallest absolute Gasteiger partial charge is 0.183 e. The molecular weight excluding hydrogens is 334 g/mol. The zero-order valence-corrected chi connectivity index (χ0v) is 12.9. The standard InChI is InChI=1S/C12H12BrNO2S2/c1-8-11(14)3-2-4-12(8)18(15,16)7-10-5-9(13)6-17-10/h2-6H,7,14H2,1H3. The summed E-state index contributed by atoms with van der Waals surface area (Å²) < 4.78 is 25.5. The van der Waals surface area contributed by atoms with Gasteiger partial charge >= 0.3 is 0 Å². The summed E-state index contributed by atoms with van der Waals surface area (Å²) in [7, 11) is -3.34. The van der Waals surface area contributed by atoms with Gasteiger partial charge in [-0.3, -0.25) is 0 Å². The van der Waals surface area contributed by atoms with E-state index in [2.05, 4.69) is 15.9 Å². The zero-order valence-electron chi connectivity index (χ0n) is 9.68. The minimum atomic E-state index is -3.34. The molecule has 0 aliphatic rings. The van der Waals surface area contributed by atoms with E-state index in [9.17, 15) is 8.42 Å². The van der Waals surface area contributed by atoms with Crippen molar-refractivity contribution in [3.63, 3.8) is 0 Å². The molecule has 2 aromatic rings. The summed E-state index contributed by atoms with van der Waals surface area (Å²) in [6.45, 7) is 1.73. The van der Waals surface area contributed by atoms with Crippen LogP contribution in [-0.2, 0) is 15.6 Å². The van der Waals surface area contributed by atoms with E-state index in [4.69, 9.17) is 5.73 Å². The van der Waals surface area contributed by atoms with E-state index in [1.165, 1.54) is 11.3 Å². The molecule has 1 aromatic heterocycles. The van der Waals surface area contributed by atoms with E-state index in [1.807, 2.05) is 11.4 Å². The number of benzene rings is 1. The van der Waals surface area contributed by atoms with E-state index in [-0.39, 0.29) is 5.75 Å². The molecule has 0 bridgehead atoms. The summed E-state index contributed by atoms with van der Waals surface area (Å²) in [5, 5.41) is 1.87. The fourth-order valence-electron chi connectivity index (χ4n) is 1.66. The van der Waals surface area contributed by atoms with Gasteiger partial charge in [-0.2, -0.15) is 0 Å². The summed E-state index contributed by atoms with van der Waals surface area (Å²) in [5.74, 6) is 0.00750. The third-order valence-electron chi connectivity index (χ3n) is 2.62. The number of nitrogens with two attached hydrogens (primary N) is 1. The van der Waals surface area contributed by atoms with Crippen LogP contribution in [0.2, 0.25) is 0 Å². The molecule has 1 heterocycles. The largest absolute Gasteiger partial charge is 0.398 e. The highest BCUT2D eigenvalue weighted by Gasteiger charge is 2.19. The predicted molar refractivity (Wildman–Crippen MR) is 78.5 cm³/mol. The third kappa shape index (κ3) is 2.76. The molecule has 1 aromatic carbocycles. The first-order chi connectivity index (χ1) is 8.40. The van der Waals surface area contributed by atoms with Crippen molar-refractivity contribution in [1.82, 2.24) is 0 Å². The molecule has 2 N–H and O–H groups in total. The van der Waals surface area contributed by atoms with Crippen molar-refractivity contribution in [2.24, 2.45) is 0 Å². The Bertz CT molecular complexity index is 677.